The van der Waals surface area contributed by atoms with Gasteiger partial charge in [0.15, 0.2) is 0 Å². The number of hydrogen-bond donors (Lipinski definition) is 1. The van der Waals surface area contributed by atoms with Crippen LogP contribution in [0, 0.1) is 11.3 Å². The highest BCUT2D eigenvalue weighted by atomic mass is 16.5. The van der Waals surface area contributed by atoms with Gasteiger partial charge in [0.25, 0.3) is 5.91 Å². The van der Waals surface area contributed by atoms with E-state index in [-0.39, 0.29) is 5.91 Å². The average Bonchev–Trinajstić information content (AvgIpc) is 2.76. The molecule has 0 aromatic heterocycles. The zero-order chi connectivity index (χ0) is 22.1. The molecule has 4 rings (SSSR count). The summed E-state index contributed by atoms with van der Waals surface area (Å²) >= 11 is 0. The number of likely N-dealkylation sites (tertiary alicyclic amines) is 1. The van der Waals surface area contributed by atoms with Crippen molar-refractivity contribution < 1.29 is 14.3 Å². The number of benzene rings is 2. The number of amides is 2. The molecule has 2 fully saturated rings. The third kappa shape index (κ3) is 4.32. The van der Waals surface area contributed by atoms with Crippen molar-refractivity contribution in [1.29, 1.82) is 0 Å². The summed E-state index contributed by atoms with van der Waals surface area (Å²) in [5.41, 5.74) is 6.77. The molecule has 0 radical (unpaired) electrons. The topological polar surface area (TPSA) is 72.6 Å². The number of piperidine rings is 1. The van der Waals surface area contributed by atoms with Crippen molar-refractivity contribution >= 4 is 11.8 Å². The summed E-state index contributed by atoms with van der Waals surface area (Å²) in [6.45, 7) is 6.31. The van der Waals surface area contributed by atoms with Crippen LogP contribution in [-0.4, -0.2) is 36.4 Å². The first kappa shape index (κ1) is 21.4. The van der Waals surface area contributed by atoms with Gasteiger partial charge in [0.05, 0.1) is 17.6 Å². The fourth-order valence-corrected chi connectivity index (χ4v) is 5.25. The molecule has 1 saturated carbocycles. The zero-order valence-corrected chi connectivity index (χ0v) is 18.5. The Morgan fingerprint density at radius 1 is 1.03 bits per heavy atom. The lowest BCUT2D eigenvalue weighted by Gasteiger charge is -2.52. The van der Waals surface area contributed by atoms with Crippen LogP contribution in [0.2, 0.25) is 0 Å². The van der Waals surface area contributed by atoms with E-state index < -0.39 is 11.3 Å². The van der Waals surface area contributed by atoms with Gasteiger partial charge >= 0.3 is 0 Å². The number of primary amides is 1. The maximum absolute atomic E-state index is 13.2. The summed E-state index contributed by atoms with van der Waals surface area (Å²) in [7, 11) is 0. The molecule has 5 nitrogen and oxygen atoms in total. The number of carbonyl (C=O) groups is 2. The molecule has 0 atom stereocenters. The van der Waals surface area contributed by atoms with Gasteiger partial charge in [0.1, 0.15) is 5.75 Å². The summed E-state index contributed by atoms with van der Waals surface area (Å²) in [5.74, 6) is 0.815. The molecule has 1 aliphatic heterocycles. The minimum Gasteiger partial charge on any atom is -0.492 e. The Morgan fingerprint density at radius 2 is 1.65 bits per heavy atom. The SMILES string of the molecule is CC(C)(C(=O)N1CCC2(CC1)CC(COc1ccccc1C(N)=O)C2)c1ccccc1. The largest absolute Gasteiger partial charge is 0.492 e. The molecule has 2 N–H and O–H groups in total. The fraction of sp³-hybridized carbons (Fsp3) is 0.462. The Bertz CT molecular complexity index is 938. The smallest absolute Gasteiger partial charge is 0.252 e. The second-order valence-corrected chi connectivity index (χ2v) is 9.73. The summed E-state index contributed by atoms with van der Waals surface area (Å²) in [5, 5.41) is 0. The number of hydrogen-bond acceptors (Lipinski definition) is 3. The van der Waals surface area contributed by atoms with Crippen molar-refractivity contribution in [1.82, 2.24) is 4.90 Å². The van der Waals surface area contributed by atoms with Gasteiger partial charge < -0.3 is 15.4 Å². The molecular weight excluding hydrogens is 388 g/mol. The van der Waals surface area contributed by atoms with Crippen LogP contribution in [-0.2, 0) is 10.2 Å². The molecule has 2 aromatic rings. The van der Waals surface area contributed by atoms with Crippen molar-refractivity contribution in [2.45, 2.75) is 44.9 Å². The number of nitrogens with zero attached hydrogens (tertiary/aromatic N) is 1. The van der Waals surface area contributed by atoms with Gasteiger partial charge in [-0.05, 0) is 68.6 Å². The van der Waals surface area contributed by atoms with E-state index in [4.69, 9.17) is 10.5 Å². The van der Waals surface area contributed by atoms with Crippen LogP contribution in [0.5, 0.6) is 5.75 Å². The highest BCUT2D eigenvalue weighted by molar-refractivity contribution is 5.95. The van der Waals surface area contributed by atoms with E-state index in [0.29, 0.717) is 29.3 Å². The normalized spacial score (nSPS) is 18.5. The number of rotatable bonds is 6. The van der Waals surface area contributed by atoms with Gasteiger partial charge in [-0.3, -0.25) is 9.59 Å². The Balaban J connectivity index is 1.28. The molecule has 2 aromatic carbocycles. The van der Waals surface area contributed by atoms with Crippen LogP contribution in [0.1, 0.15) is 55.5 Å². The molecule has 0 unspecified atom stereocenters. The van der Waals surface area contributed by atoms with Gasteiger partial charge in [0, 0.05) is 13.1 Å². The Kier molecular flexibility index (Phi) is 5.78. The van der Waals surface area contributed by atoms with Crippen LogP contribution in [0.3, 0.4) is 0 Å². The summed E-state index contributed by atoms with van der Waals surface area (Å²) < 4.78 is 5.92. The van der Waals surface area contributed by atoms with Crippen molar-refractivity contribution in [2.75, 3.05) is 19.7 Å². The Hall–Kier alpha value is -2.82. The van der Waals surface area contributed by atoms with Crippen LogP contribution < -0.4 is 10.5 Å². The fourth-order valence-electron chi connectivity index (χ4n) is 5.25. The molecule has 5 heteroatoms. The maximum Gasteiger partial charge on any atom is 0.252 e. The Morgan fingerprint density at radius 3 is 2.29 bits per heavy atom. The first-order valence-corrected chi connectivity index (χ1v) is 11.2. The zero-order valence-electron chi connectivity index (χ0n) is 18.5. The van der Waals surface area contributed by atoms with Crippen molar-refractivity contribution in [3.8, 4) is 5.75 Å². The summed E-state index contributed by atoms with van der Waals surface area (Å²) in [6.07, 6.45) is 4.35. The number of carbonyl (C=O) groups excluding carboxylic acids is 2. The number of ether oxygens (including phenoxy) is 1. The molecule has 1 aliphatic carbocycles. The van der Waals surface area contributed by atoms with Crippen LogP contribution in [0.15, 0.2) is 54.6 Å². The molecule has 164 valence electrons. The molecule has 2 aliphatic rings. The predicted molar refractivity (Wildman–Crippen MR) is 121 cm³/mol. The lowest BCUT2D eigenvalue weighted by Crippen LogP contribution is -2.53. The van der Waals surface area contributed by atoms with E-state index in [2.05, 4.69) is 0 Å². The summed E-state index contributed by atoms with van der Waals surface area (Å²) in [4.78, 5) is 26.8. The monoisotopic (exact) mass is 420 g/mol. The van der Waals surface area contributed by atoms with Gasteiger partial charge in [0.2, 0.25) is 5.91 Å². The lowest BCUT2D eigenvalue weighted by atomic mass is 9.57. The second-order valence-electron chi connectivity index (χ2n) is 9.73. The van der Waals surface area contributed by atoms with E-state index in [9.17, 15) is 9.59 Å². The van der Waals surface area contributed by atoms with E-state index in [1.807, 2.05) is 55.1 Å². The number of para-hydroxylation sites is 1. The average molecular weight is 421 g/mol. The molecule has 0 bridgehead atoms. The molecule has 1 spiro atoms. The van der Waals surface area contributed by atoms with E-state index >= 15 is 0 Å². The van der Waals surface area contributed by atoms with E-state index in [1.165, 1.54) is 0 Å². The molecule has 31 heavy (non-hydrogen) atoms. The van der Waals surface area contributed by atoms with E-state index in [1.54, 1.807) is 18.2 Å². The third-order valence-electron chi connectivity index (χ3n) is 7.21. The van der Waals surface area contributed by atoms with Crippen LogP contribution >= 0.6 is 0 Å². The highest BCUT2D eigenvalue weighted by Gasteiger charge is 2.47. The predicted octanol–water partition coefficient (Wildman–Crippen LogP) is 4.16. The molecular formula is C26H32N2O3. The first-order valence-electron chi connectivity index (χ1n) is 11.2. The van der Waals surface area contributed by atoms with Gasteiger partial charge in [-0.25, -0.2) is 0 Å². The number of nitrogens with two attached hydrogens (primary N) is 1. The maximum atomic E-state index is 13.2. The Labute approximate surface area is 184 Å². The van der Waals surface area contributed by atoms with Crippen molar-refractivity contribution in [2.24, 2.45) is 17.1 Å². The minimum absolute atomic E-state index is 0.218. The molecule has 2 amide bonds. The third-order valence-corrected chi connectivity index (χ3v) is 7.21. The van der Waals surface area contributed by atoms with Gasteiger partial charge in [-0.15, -0.1) is 0 Å². The first-order chi connectivity index (χ1) is 14.8. The molecule has 1 heterocycles. The van der Waals surface area contributed by atoms with Crippen molar-refractivity contribution in [3.05, 3.63) is 65.7 Å². The second kappa shape index (κ2) is 8.37. The van der Waals surface area contributed by atoms with Crippen LogP contribution in [0.4, 0.5) is 0 Å². The van der Waals surface area contributed by atoms with Crippen molar-refractivity contribution in [3.63, 3.8) is 0 Å². The minimum atomic E-state index is -0.504. The quantitative estimate of drug-likeness (QED) is 0.763. The van der Waals surface area contributed by atoms with Crippen LogP contribution in [0.25, 0.3) is 0 Å². The summed E-state index contributed by atoms with van der Waals surface area (Å²) in [6, 6.07) is 17.2. The molecule has 1 saturated heterocycles. The lowest BCUT2D eigenvalue weighted by molar-refractivity contribution is -0.140. The standard InChI is InChI=1S/C26H32N2O3/c1-25(2,20-8-4-3-5-9-20)24(30)28-14-12-26(13-15-28)16-19(17-26)18-31-22-11-7-6-10-21(22)23(27)29/h3-11,19H,12-18H2,1-2H3,(H2,27,29). The highest BCUT2D eigenvalue weighted by Crippen LogP contribution is 2.53. The van der Waals surface area contributed by atoms with Gasteiger partial charge in [-0.2, -0.15) is 0 Å². The van der Waals surface area contributed by atoms with Gasteiger partial charge in [-0.1, -0.05) is 42.5 Å². The van der Waals surface area contributed by atoms with E-state index in [0.717, 1.165) is 44.3 Å².